The Kier molecular flexibility index (Phi) is 3.14. The van der Waals surface area contributed by atoms with Crippen LogP contribution in [0.25, 0.3) is 11.1 Å². The average Bonchev–Trinajstić information content (AvgIpc) is 2.79. The first-order chi connectivity index (χ1) is 9.63. The van der Waals surface area contributed by atoms with Gasteiger partial charge >= 0.3 is 6.09 Å². The predicted octanol–water partition coefficient (Wildman–Crippen LogP) is 3.23. The van der Waals surface area contributed by atoms with Crippen LogP contribution in [0.2, 0.25) is 0 Å². The van der Waals surface area contributed by atoms with Crippen LogP contribution in [0, 0.1) is 6.92 Å². The highest BCUT2D eigenvalue weighted by Gasteiger charge is 2.31. The number of pyridine rings is 1. The quantitative estimate of drug-likeness (QED) is 0.909. The third kappa shape index (κ3) is 2.37. The van der Waals surface area contributed by atoms with Gasteiger partial charge in [0.15, 0.2) is 0 Å². The van der Waals surface area contributed by atoms with Gasteiger partial charge in [-0.1, -0.05) is 30.3 Å². The molecule has 0 radical (unpaired) electrons. The van der Waals surface area contributed by atoms with Crippen LogP contribution in [0.1, 0.15) is 24.3 Å². The smallest absolute Gasteiger partial charge is 0.408 e. The van der Waals surface area contributed by atoms with Crippen LogP contribution in [-0.4, -0.2) is 17.1 Å². The Bertz CT molecular complexity index is 620. The van der Waals surface area contributed by atoms with Gasteiger partial charge in [0.25, 0.3) is 0 Å². The van der Waals surface area contributed by atoms with Gasteiger partial charge in [0.05, 0.1) is 6.04 Å². The maximum absolute atomic E-state index is 11.2. The van der Waals surface area contributed by atoms with E-state index >= 15 is 0 Å². The summed E-state index contributed by atoms with van der Waals surface area (Å²) < 4.78 is 5.26. The molecule has 0 spiro atoms. The summed E-state index contributed by atoms with van der Waals surface area (Å²) in [6, 6.07) is 12.1. The molecule has 1 aromatic heterocycles. The molecule has 4 heteroatoms. The van der Waals surface area contributed by atoms with E-state index in [9.17, 15) is 4.79 Å². The van der Waals surface area contributed by atoms with Gasteiger partial charge < -0.3 is 10.1 Å². The molecule has 4 nitrogen and oxygen atoms in total. The number of amides is 1. The maximum atomic E-state index is 11.2. The lowest BCUT2D eigenvalue weighted by molar-refractivity contribution is 0.134. The minimum Gasteiger partial charge on any atom is -0.439 e. The number of benzene rings is 1. The zero-order valence-electron chi connectivity index (χ0n) is 11.5. The van der Waals surface area contributed by atoms with Crippen LogP contribution in [-0.2, 0) is 4.74 Å². The van der Waals surface area contributed by atoms with Gasteiger partial charge in [0.1, 0.15) is 6.10 Å². The summed E-state index contributed by atoms with van der Waals surface area (Å²) in [5, 5.41) is 2.75. The number of nitrogens with one attached hydrogen (secondary N) is 1. The number of aromatic nitrogens is 1. The van der Waals surface area contributed by atoms with E-state index in [0.29, 0.717) is 0 Å². The fraction of sp³-hybridized carbons (Fsp3) is 0.250. The number of rotatable bonds is 2. The van der Waals surface area contributed by atoms with Crippen molar-refractivity contribution < 1.29 is 9.53 Å². The topological polar surface area (TPSA) is 51.2 Å². The lowest BCUT2D eigenvalue weighted by Gasteiger charge is -2.13. The van der Waals surface area contributed by atoms with Crippen LogP contribution in [0.3, 0.4) is 0 Å². The standard InChI is InChI=1S/C16H16N2O2/c1-10-3-4-14(9-17-10)12-5-7-13(8-6-12)15-11(2)18-16(19)20-15/h3-9,11,15H,1-2H3,(H,18,19)/t11-,15-/m1/s1. The molecule has 1 N–H and O–H groups in total. The van der Waals surface area contributed by atoms with E-state index in [0.717, 1.165) is 22.4 Å². The van der Waals surface area contributed by atoms with Crippen molar-refractivity contribution in [2.75, 3.05) is 0 Å². The van der Waals surface area contributed by atoms with E-state index in [1.807, 2.05) is 50.4 Å². The molecule has 0 bridgehead atoms. The van der Waals surface area contributed by atoms with Crippen molar-refractivity contribution >= 4 is 6.09 Å². The summed E-state index contributed by atoms with van der Waals surface area (Å²) in [5.74, 6) is 0. The number of hydrogen-bond acceptors (Lipinski definition) is 3. The zero-order valence-corrected chi connectivity index (χ0v) is 11.5. The van der Waals surface area contributed by atoms with Crippen molar-refractivity contribution in [3.05, 3.63) is 53.9 Å². The highest BCUT2D eigenvalue weighted by Crippen LogP contribution is 2.28. The number of cyclic esters (lactones) is 1. The first kappa shape index (κ1) is 12.7. The van der Waals surface area contributed by atoms with Gasteiger partial charge in [0, 0.05) is 17.5 Å². The first-order valence-corrected chi connectivity index (χ1v) is 6.63. The molecule has 2 atom stereocenters. The largest absolute Gasteiger partial charge is 0.439 e. The van der Waals surface area contributed by atoms with Crippen LogP contribution < -0.4 is 5.32 Å². The van der Waals surface area contributed by atoms with E-state index < -0.39 is 0 Å². The van der Waals surface area contributed by atoms with Gasteiger partial charge in [-0.05, 0) is 31.0 Å². The van der Waals surface area contributed by atoms with Crippen molar-refractivity contribution in [2.24, 2.45) is 0 Å². The first-order valence-electron chi connectivity index (χ1n) is 6.63. The van der Waals surface area contributed by atoms with E-state index in [2.05, 4.69) is 16.4 Å². The Morgan fingerprint density at radius 1 is 1.10 bits per heavy atom. The molecule has 1 fully saturated rings. The third-order valence-electron chi connectivity index (χ3n) is 3.52. The second-order valence-corrected chi connectivity index (χ2v) is 5.07. The molecule has 2 heterocycles. The molecule has 3 rings (SSSR count). The number of carbonyl (C=O) groups is 1. The van der Waals surface area contributed by atoms with Gasteiger partial charge in [0.2, 0.25) is 0 Å². The second-order valence-electron chi connectivity index (χ2n) is 5.07. The summed E-state index contributed by atoms with van der Waals surface area (Å²) in [4.78, 5) is 15.5. The monoisotopic (exact) mass is 268 g/mol. The summed E-state index contributed by atoms with van der Waals surface area (Å²) in [6.45, 7) is 3.91. The Hall–Kier alpha value is -2.36. The fourth-order valence-corrected chi connectivity index (χ4v) is 2.37. The second kappa shape index (κ2) is 4.96. The molecule has 0 unspecified atom stereocenters. The molecule has 102 valence electrons. The highest BCUT2D eigenvalue weighted by atomic mass is 16.6. The summed E-state index contributed by atoms with van der Waals surface area (Å²) >= 11 is 0. The molecular formula is C16H16N2O2. The van der Waals surface area contributed by atoms with Crippen molar-refractivity contribution in [1.82, 2.24) is 10.3 Å². The lowest BCUT2D eigenvalue weighted by atomic mass is 10.0. The zero-order chi connectivity index (χ0) is 14.1. The number of carbonyl (C=O) groups excluding carboxylic acids is 1. The Balaban J connectivity index is 1.84. The Morgan fingerprint density at radius 2 is 1.80 bits per heavy atom. The summed E-state index contributed by atoms with van der Waals surface area (Å²) in [6.07, 6.45) is 1.30. The van der Waals surface area contributed by atoms with Gasteiger partial charge in [-0.3, -0.25) is 4.98 Å². The molecule has 2 aromatic rings. The minimum absolute atomic E-state index is 0.00519. The van der Waals surface area contributed by atoms with Crippen LogP contribution in [0.15, 0.2) is 42.6 Å². The normalized spacial score (nSPS) is 21.4. The van der Waals surface area contributed by atoms with Crippen molar-refractivity contribution in [2.45, 2.75) is 26.0 Å². The number of hydrogen-bond donors (Lipinski definition) is 1. The van der Waals surface area contributed by atoms with Crippen molar-refractivity contribution in [3.8, 4) is 11.1 Å². The minimum atomic E-state index is -0.352. The average molecular weight is 268 g/mol. The summed E-state index contributed by atoms with van der Waals surface area (Å²) in [7, 11) is 0. The molecule has 1 aliphatic rings. The van der Waals surface area contributed by atoms with E-state index in [1.54, 1.807) is 0 Å². The maximum Gasteiger partial charge on any atom is 0.408 e. The van der Waals surface area contributed by atoms with E-state index in [-0.39, 0.29) is 18.2 Å². The van der Waals surface area contributed by atoms with Gasteiger partial charge in [-0.25, -0.2) is 4.79 Å². The number of nitrogens with zero attached hydrogens (tertiary/aromatic N) is 1. The Labute approximate surface area is 117 Å². The van der Waals surface area contributed by atoms with Crippen LogP contribution in [0.4, 0.5) is 4.79 Å². The van der Waals surface area contributed by atoms with Gasteiger partial charge in [-0.15, -0.1) is 0 Å². The van der Waals surface area contributed by atoms with Gasteiger partial charge in [-0.2, -0.15) is 0 Å². The molecule has 20 heavy (non-hydrogen) atoms. The SMILES string of the molecule is Cc1ccc(-c2ccc([C@@H]3OC(=O)N[C@@H]3C)cc2)cn1. The molecule has 1 saturated heterocycles. The fourth-order valence-electron chi connectivity index (χ4n) is 2.37. The van der Waals surface area contributed by atoms with Crippen LogP contribution >= 0.6 is 0 Å². The Morgan fingerprint density at radius 3 is 2.35 bits per heavy atom. The molecule has 0 aliphatic carbocycles. The number of ether oxygens (including phenoxy) is 1. The van der Waals surface area contributed by atoms with Crippen molar-refractivity contribution in [3.63, 3.8) is 0 Å². The number of aryl methyl sites for hydroxylation is 1. The third-order valence-corrected chi connectivity index (χ3v) is 3.52. The molecular weight excluding hydrogens is 252 g/mol. The highest BCUT2D eigenvalue weighted by molar-refractivity contribution is 5.70. The molecule has 0 saturated carbocycles. The van der Waals surface area contributed by atoms with E-state index in [1.165, 1.54) is 0 Å². The number of alkyl carbamates (subject to hydrolysis) is 1. The predicted molar refractivity (Wildman–Crippen MR) is 76.2 cm³/mol. The molecule has 1 amide bonds. The molecule has 1 aliphatic heterocycles. The molecule has 1 aromatic carbocycles. The lowest BCUT2D eigenvalue weighted by Crippen LogP contribution is -2.23. The van der Waals surface area contributed by atoms with Crippen LogP contribution in [0.5, 0.6) is 0 Å². The van der Waals surface area contributed by atoms with Crippen molar-refractivity contribution in [1.29, 1.82) is 0 Å². The summed E-state index contributed by atoms with van der Waals surface area (Å²) in [5.41, 5.74) is 4.19. The van der Waals surface area contributed by atoms with E-state index in [4.69, 9.17) is 4.74 Å².